The number of hydrogen-bond donors (Lipinski definition) is 0. The first-order chi connectivity index (χ1) is 17.8. The van der Waals surface area contributed by atoms with Gasteiger partial charge in [-0.3, -0.25) is 4.79 Å². The zero-order valence-corrected chi connectivity index (χ0v) is 20.7. The number of fused-ring (bicyclic) bond motifs is 3. The van der Waals surface area contributed by atoms with Crippen LogP contribution >= 0.6 is 0 Å². The quantitative estimate of drug-likeness (QED) is 0.372. The lowest BCUT2D eigenvalue weighted by Gasteiger charge is -2.45. The molecule has 37 heavy (non-hydrogen) atoms. The molecule has 2 aliphatic rings. The van der Waals surface area contributed by atoms with Gasteiger partial charge in [-0.05, 0) is 62.1 Å². The first kappa shape index (κ1) is 23.0. The van der Waals surface area contributed by atoms with Crippen molar-refractivity contribution >= 4 is 5.78 Å². The number of allylic oxidation sites excluding steroid dienone is 2. The summed E-state index contributed by atoms with van der Waals surface area (Å²) in [6.45, 7) is 5.73. The van der Waals surface area contributed by atoms with Crippen LogP contribution in [0.4, 0.5) is 4.39 Å². The van der Waals surface area contributed by atoms with Crippen LogP contribution in [0.1, 0.15) is 37.4 Å². The first-order valence-corrected chi connectivity index (χ1v) is 12.3. The largest absolute Gasteiger partial charge is 0.334 e. The smallest absolute Gasteiger partial charge is 0.257 e. The van der Waals surface area contributed by atoms with E-state index in [0.717, 1.165) is 28.9 Å². The lowest BCUT2D eigenvalue weighted by Crippen LogP contribution is -2.46. The summed E-state index contributed by atoms with van der Waals surface area (Å²) in [5.74, 6) is 0.203. The Morgan fingerprint density at radius 1 is 1.19 bits per heavy atom. The number of hydrogen-bond acceptors (Lipinski definition) is 6. The first-order valence-electron chi connectivity index (χ1n) is 12.3. The van der Waals surface area contributed by atoms with Crippen LogP contribution < -0.4 is 0 Å². The van der Waals surface area contributed by atoms with Gasteiger partial charge in [-0.25, -0.2) is 9.07 Å². The fourth-order valence-corrected chi connectivity index (χ4v) is 6.06. The molecule has 3 atom stereocenters. The van der Waals surface area contributed by atoms with Crippen LogP contribution in [0.3, 0.4) is 0 Å². The molecule has 0 saturated carbocycles. The predicted octanol–water partition coefficient (Wildman–Crippen LogP) is 5.53. The summed E-state index contributed by atoms with van der Waals surface area (Å²) >= 11 is 0. The third-order valence-corrected chi connectivity index (χ3v) is 7.83. The Balaban J connectivity index is 1.59. The standard InChI is InChI=1S/C29H24FN5O2/c1-16-23-13-12-22-25(21-6-4-5-7-24(21)30)33-35(27(22)29(23,3)14-19(15-31)26(16)36)20-10-8-18(9-11-20)28-32-17(2)34-37-28/h4-11,14,16,23H,12-13H2,1-3H3/t16-,23-,29-/m1/s1. The van der Waals surface area contributed by atoms with E-state index in [0.29, 0.717) is 29.4 Å². The lowest BCUT2D eigenvalue weighted by molar-refractivity contribution is -0.121. The number of rotatable bonds is 3. The number of aryl methyl sites for hydroxylation is 1. The lowest BCUT2D eigenvalue weighted by atomic mass is 9.57. The second-order valence-corrected chi connectivity index (χ2v) is 10.0. The minimum absolute atomic E-state index is 0.00541. The number of carbonyl (C=O) groups excluding carboxylic acids is 1. The van der Waals surface area contributed by atoms with Gasteiger partial charge in [0.15, 0.2) is 11.6 Å². The van der Waals surface area contributed by atoms with E-state index >= 15 is 0 Å². The van der Waals surface area contributed by atoms with Crippen LogP contribution in [0, 0.1) is 35.9 Å². The average Bonchev–Trinajstić information content (AvgIpc) is 3.51. The van der Waals surface area contributed by atoms with Crippen molar-refractivity contribution in [3.05, 3.63) is 83.1 Å². The SMILES string of the molecule is Cc1noc(-c2ccc(-n3nc(-c4ccccc4F)c4c3[C@]3(C)C=C(C#N)C(=O)[C@H](C)[C@H]3CC4)cc2)n1. The van der Waals surface area contributed by atoms with Crippen molar-refractivity contribution in [2.75, 3.05) is 0 Å². The van der Waals surface area contributed by atoms with Crippen molar-refractivity contribution in [2.45, 2.75) is 39.0 Å². The van der Waals surface area contributed by atoms with Crippen LogP contribution in [-0.4, -0.2) is 25.7 Å². The van der Waals surface area contributed by atoms with E-state index in [1.54, 1.807) is 31.2 Å². The van der Waals surface area contributed by atoms with Gasteiger partial charge in [0.1, 0.15) is 11.9 Å². The Morgan fingerprint density at radius 3 is 2.62 bits per heavy atom. The molecule has 4 aromatic rings. The third-order valence-electron chi connectivity index (χ3n) is 7.83. The van der Waals surface area contributed by atoms with Crippen molar-refractivity contribution in [3.63, 3.8) is 0 Å². The molecule has 0 fully saturated rings. The summed E-state index contributed by atoms with van der Waals surface area (Å²) in [6.07, 6.45) is 3.21. The Labute approximate surface area is 213 Å². The molecule has 0 amide bonds. The van der Waals surface area contributed by atoms with Gasteiger partial charge in [0, 0.05) is 28.0 Å². The highest BCUT2D eigenvalue weighted by Gasteiger charge is 2.50. The molecular weight excluding hydrogens is 469 g/mol. The van der Waals surface area contributed by atoms with Gasteiger partial charge >= 0.3 is 0 Å². The number of Topliss-reactive ketones (excluding diaryl/α,β-unsaturated/α-hetero) is 1. The summed E-state index contributed by atoms with van der Waals surface area (Å²) in [5.41, 5.74) is 3.92. The molecule has 2 aromatic carbocycles. The molecule has 0 radical (unpaired) electrons. The van der Waals surface area contributed by atoms with Crippen molar-refractivity contribution in [1.29, 1.82) is 5.26 Å². The van der Waals surface area contributed by atoms with Crippen LogP contribution in [-0.2, 0) is 16.6 Å². The maximum Gasteiger partial charge on any atom is 0.257 e. The van der Waals surface area contributed by atoms with Crippen LogP contribution in [0.5, 0.6) is 0 Å². The molecule has 0 saturated heterocycles. The van der Waals surface area contributed by atoms with Crippen molar-refractivity contribution in [1.82, 2.24) is 19.9 Å². The topological polar surface area (TPSA) is 97.6 Å². The molecule has 0 unspecified atom stereocenters. The minimum atomic E-state index is -0.634. The molecule has 0 spiro atoms. The van der Waals surface area contributed by atoms with E-state index in [1.807, 2.05) is 35.9 Å². The maximum absolute atomic E-state index is 15.0. The van der Waals surface area contributed by atoms with E-state index in [9.17, 15) is 14.4 Å². The molecule has 6 rings (SSSR count). The molecule has 2 heterocycles. The highest BCUT2D eigenvalue weighted by Crippen LogP contribution is 2.52. The van der Waals surface area contributed by atoms with Gasteiger partial charge in [0.2, 0.25) is 0 Å². The number of benzene rings is 2. The normalized spacial score (nSPS) is 22.7. The monoisotopic (exact) mass is 493 g/mol. The Morgan fingerprint density at radius 2 is 1.95 bits per heavy atom. The Hall–Kier alpha value is -4.38. The second kappa shape index (κ2) is 8.34. The Kier molecular flexibility index (Phi) is 5.19. The number of carbonyl (C=O) groups is 1. The molecule has 184 valence electrons. The summed E-state index contributed by atoms with van der Waals surface area (Å²) in [6, 6.07) is 16.3. The van der Waals surface area contributed by atoms with E-state index < -0.39 is 5.41 Å². The van der Waals surface area contributed by atoms with Gasteiger partial charge in [0.25, 0.3) is 5.89 Å². The summed E-state index contributed by atoms with van der Waals surface area (Å²) in [7, 11) is 0. The predicted molar refractivity (Wildman–Crippen MR) is 134 cm³/mol. The van der Waals surface area contributed by atoms with E-state index in [-0.39, 0.29) is 29.0 Å². The molecule has 0 N–H and O–H groups in total. The number of nitriles is 1. The van der Waals surface area contributed by atoms with Crippen LogP contribution in [0.2, 0.25) is 0 Å². The second-order valence-electron chi connectivity index (χ2n) is 10.0. The number of ketones is 1. The summed E-state index contributed by atoms with van der Waals surface area (Å²) in [5, 5.41) is 18.6. The fraction of sp³-hybridized carbons (Fsp3) is 0.276. The zero-order valence-electron chi connectivity index (χ0n) is 20.7. The van der Waals surface area contributed by atoms with E-state index in [1.165, 1.54) is 6.07 Å². The molecule has 2 aromatic heterocycles. The van der Waals surface area contributed by atoms with Gasteiger partial charge < -0.3 is 4.52 Å². The number of halogens is 1. The van der Waals surface area contributed by atoms with Gasteiger partial charge in [0.05, 0.1) is 22.6 Å². The minimum Gasteiger partial charge on any atom is -0.334 e. The summed E-state index contributed by atoms with van der Waals surface area (Å²) in [4.78, 5) is 17.2. The van der Waals surface area contributed by atoms with Crippen molar-refractivity contribution in [3.8, 4) is 34.5 Å². The maximum atomic E-state index is 15.0. The van der Waals surface area contributed by atoms with Gasteiger partial charge in [-0.2, -0.15) is 15.3 Å². The average molecular weight is 494 g/mol. The molecule has 0 bridgehead atoms. The van der Waals surface area contributed by atoms with Crippen LogP contribution in [0.25, 0.3) is 28.4 Å². The van der Waals surface area contributed by atoms with Gasteiger partial charge in [-0.15, -0.1) is 0 Å². The van der Waals surface area contributed by atoms with Crippen molar-refractivity contribution < 1.29 is 13.7 Å². The number of nitrogens with zero attached hydrogens (tertiary/aromatic N) is 5. The van der Waals surface area contributed by atoms with E-state index in [4.69, 9.17) is 9.62 Å². The fourth-order valence-electron chi connectivity index (χ4n) is 6.06. The highest BCUT2D eigenvalue weighted by atomic mass is 19.1. The molecule has 2 aliphatic carbocycles. The molecule has 7 nitrogen and oxygen atoms in total. The van der Waals surface area contributed by atoms with Gasteiger partial charge in [-0.1, -0.05) is 37.2 Å². The zero-order chi connectivity index (χ0) is 25.9. The third kappa shape index (κ3) is 3.45. The summed E-state index contributed by atoms with van der Waals surface area (Å²) < 4.78 is 22.1. The van der Waals surface area contributed by atoms with Crippen molar-refractivity contribution in [2.24, 2.45) is 11.8 Å². The Bertz CT molecular complexity index is 1620. The van der Waals surface area contributed by atoms with Crippen LogP contribution in [0.15, 0.2) is 64.7 Å². The highest BCUT2D eigenvalue weighted by molar-refractivity contribution is 6.02. The molecule has 0 aliphatic heterocycles. The molecular formula is C29H24FN5O2. The van der Waals surface area contributed by atoms with E-state index in [2.05, 4.69) is 23.1 Å². The number of aromatic nitrogens is 4. The molecule has 8 heteroatoms.